The lowest BCUT2D eigenvalue weighted by molar-refractivity contribution is 0.754. The first-order chi connectivity index (χ1) is 37.2. The van der Waals surface area contributed by atoms with Gasteiger partial charge >= 0.3 is 0 Å². The molecule has 2 unspecified atom stereocenters. The van der Waals surface area contributed by atoms with Crippen molar-refractivity contribution in [1.29, 1.82) is 0 Å². The van der Waals surface area contributed by atoms with E-state index in [4.69, 9.17) is 29.9 Å². The highest BCUT2D eigenvalue weighted by molar-refractivity contribution is 6.10. The first kappa shape index (κ1) is 42.7. The average Bonchev–Trinajstić information content (AvgIpc) is 3.89. The van der Waals surface area contributed by atoms with Crippen LogP contribution < -0.4 is 0 Å². The number of hydrogen-bond acceptors (Lipinski definition) is 6. The van der Waals surface area contributed by atoms with Gasteiger partial charge in [0.25, 0.3) is 0 Å². The maximum atomic E-state index is 5.32. The van der Waals surface area contributed by atoms with Crippen LogP contribution in [-0.2, 0) is 0 Å². The van der Waals surface area contributed by atoms with E-state index in [0.29, 0.717) is 34.9 Å². The topological polar surface area (TPSA) is 82.3 Å². The van der Waals surface area contributed by atoms with Crippen LogP contribution in [0.4, 0.5) is 0 Å². The minimum atomic E-state index is 0.00830. The standard InChI is InChI=1S/C68H43N7/c1-5-18-42(19-6-1)63-69-64(43-20-7-2-8-21-43)72-67(71-63)48-32-35-54-57(40-48)61-52-29-13-14-30-53(52)62(54)58-41-49(33-36-55(58)61)68-73-65(44-22-9-3-10-23-44)70-66(74-68)47-25-17-24-45(38-47)46-34-37-60-56(39-46)51-28-15-16-31-59(51)75(60)50-26-11-4-12-27-50/h1-41,61-62H. The quantitative estimate of drug-likeness (QED) is 0.151. The number of aromatic nitrogens is 7. The Bertz CT molecular complexity index is 4300. The molecule has 3 aromatic heterocycles. The molecule has 7 heteroatoms. The summed E-state index contributed by atoms with van der Waals surface area (Å²) in [6.45, 7) is 0. The fourth-order valence-corrected chi connectivity index (χ4v) is 11.6. The van der Waals surface area contributed by atoms with Crippen LogP contribution >= 0.6 is 0 Å². The van der Waals surface area contributed by atoms with Crippen molar-refractivity contribution in [2.75, 3.05) is 0 Å². The van der Waals surface area contributed by atoms with Gasteiger partial charge in [-0.05, 0) is 93.0 Å². The number of benzene rings is 10. The van der Waals surface area contributed by atoms with Crippen molar-refractivity contribution in [3.63, 3.8) is 0 Å². The summed E-state index contributed by atoms with van der Waals surface area (Å²) < 4.78 is 2.35. The van der Waals surface area contributed by atoms with Crippen molar-refractivity contribution >= 4 is 21.8 Å². The molecule has 0 N–H and O–H groups in total. The maximum absolute atomic E-state index is 5.32. The van der Waals surface area contributed by atoms with E-state index in [9.17, 15) is 0 Å². The molecule has 0 amide bonds. The number of hydrogen-bond donors (Lipinski definition) is 0. The van der Waals surface area contributed by atoms with E-state index < -0.39 is 0 Å². The van der Waals surface area contributed by atoms with Crippen molar-refractivity contribution < 1.29 is 0 Å². The molecule has 3 aliphatic rings. The fourth-order valence-electron chi connectivity index (χ4n) is 11.6. The zero-order valence-electron chi connectivity index (χ0n) is 40.5. The Morgan fingerprint density at radius 3 is 1.11 bits per heavy atom. The molecule has 16 rings (SSSR count). The minimum Gasteiger partial charge on any atom is -0.309 e. The number of fused-ring (bicyclic) bond motifs is 3. The van der Waals surface area contributed by atoms with Gasteiger partial charge in [0.2, 0.25) is 0 Å². The van der Waals surface area contributed by atoms with Crippen LogP contribution in [0.5, 0.6) is 0 Å². The van der Waals surface area contributed by atoms with Gasteiger partial charge in [0.05, 0.1) is 11.0 Å². The van der Waals surface area contributed by atoms with Crippen molar-refractivity contribution in [1.82, 2.24) is 34.5 Å². The summed E-state index contributed by atoms with van der Waals surface area (Å²) >= 11 is 0. The number of rotatable bonds is 8. The summed E-state index contributed by atoms with van der Waals surface area (Å²) in [5, 5.41) is 2.42. The smallest absolute Gasteiger partial charge is 0.164 e. The van der Waals surface area contributed by atoms with Crippen molar-refractivity contribution in [2.24, 2.45) is 0 Å². The summed E-state index contributed by atoms with van der Waals surface area (Å²) in [7, 11) is 0. The van der Waals surface area contributed by atoms with E-state index in [-0.39, 0.29) is 11.8 Å². The van der Waals surface area contributed by atoms with Crippen LogP contribution in [0.25, 0.3) is 107 Å². The van der Waals surface area contributed by atoms with Crippen LogP contribution in [0.3, 0.4) is 0 Å². The predicted molar refractivity (Wildman–Crippen MR) is 300 cm³/mol. The summed E-state index contributed by atoms with van der Waals surface area (Å²) in [5.74, 6) is 3.84. The second kappa shape index (κ2) is 17.4. The van der Waals surface area contributed by atoms with Crippen molar-refractivity contribution in [2.45, 2.75) is 11.8 Å². The molecule has 10 aromatic carbocycles. The average molecular weight is 958 g/mol. The first-order valence-corrected chi connectivity index (χ1v) is 25.4. The molecule has 0 radical (unpaired) electrons. The normalized spacial score (nSPS) is 14.1. The lowest BCUT2D eigenvalue weighted by Crippen LogP contribution is -2.27. The Kier molecular flexibility index (Phi) is 9.88. The van der Waals surface area contributed by atoms with Gasteiger partial charge in [0, 0.05) is 61.7 Å². The molecule has 0 fully saturated rings. The third kappa shape index (κ3) is 7.19. The van der Waals surface area contributed by atoms with Crippen LogP contribution in [-0.4, -0.2) is 34.5 Å². The third-order valence-corrected chi connectivity index (χ3v) is 15.1. The van der Waals surface area contributed by atoms with E-state index in [1.54, 1.807) is 0 Å². The minimum absolute atomic E-state index is 0.00830. The van der Waals surface area contributed by atoms with Gasteiger partial charge in [0.15, 0.2) is 34.9 Å². The molecule has 3 heterocycles. The second-order valence-corrected chi connectivity index (χ2v) is 19.4. The van der Waals surface area contributed by atoms with E-state index in [2.05, 4.69) is 199 Å². The fraction of sp³-hybridized carbons (Fsp3) is 0.0294. The van der Waals surface area contributed by atoms with E-state index in [0.717, 1.165) is 50.2 Å². The van der Waals surface area contributed by atoms with Gasteiger partial charge in [0.1, 0.15) is 0 Å². The first-order valence-electron chi connectivity index (χ1n) is 25.4. The molecule has 13 aromatic rings. The zero-order chi connectivity index (χ0) is 49.4. The van der Waals surface area contributed by atoms with E-state index in [1.807, 2.05) is 54.6 Å². The van der Waals surface area contributed by atoms with E-state index in [1.165, 1.54) is 55.2 Å². The Morgan fingerprint density at radius 1 is 0.227 bits per heavy atom. The monoisotopic (exact) mass is 957 g/mol. The summed E-state index contributed by atoms with van der Waals surface area (Å²) in [6, 6.07) is 87.7. The van der Waals surface area contributed by atoms with Crippen LogP contribution in [0.2, 0.25) is 0 Å². The van der Waals surface area contributed by atoms with Gasteiger partial charge in [-0.2, -0.15) is 0 Å². The van der Waals surface area contributed by atoms with Crippen molar-refractivity contribution in [3.8, 4) is 85.1 Å². The third-order valence-electron chi connectivity index (χ3n) is 15.1. The molecule has 0 aliphatic heterocycles. The molecule has 350 valence electrons. The lowest BCUT2D eigenvalue weighted by atomic mass is 9.61. The number of para-hydroxylation sites is 2. The highest BCUT2D eigenvalue weighted by Gasteiger charge is 2.41. The largest absolute Gasteiger partial charge is 0.309 e. The van der Waals surface area contributed by atoms with Gasteiger partial charge < -0.3 is 4.57 Å². The highest BCUT2D eigenvalue weighted by atomic mass is 15.0. The van der Waals surface area contributed by atoms with Gasteiger partial charge in [-0.15, -0.1) is 0 Å². The highest BCUT2D eigenvalue weighted by Crippen LogP contribution is 2.56. The Morgan fingerprint density at radius 2 is 0.587 bits per heavy atom. The van der Waals surface area contributed by atoms with Crippen molar-refractivity contribution in [3.05, 3.63) is 282 Å². The molecule has 2 atom stereocenters. The van der Waals surface area contributed by atoms with Crippen LogP contribution in [0, 0.1) is 0 Å². The molecule has 0 saturated heterocycles. The summed E-state index contributed by atoms with van der Waals surface area (Å²) in [4.78, 5) is 30.9. The number of nitrogens with zero attached hydrogens (tertiary/aromatic N) is 7. The molecule has 0 spiro atoms. The van der Waals surface area contributed by atoms with Gasteiger partial charge in [-0.25, -0.2) is 29.9 Å². The van der Waals surface area contributed by atoms with E-state index >= 15 is 0 Å². The summed E-state index contributed by atoms with van der Waals surface area (Å²) in [5.41, 5.74) is 19.1. The van der Waals surface area contributed by atoms with Gasteiger partial charge in [-0.1, -0.05) is 200 Å². The SMILES string of the molecule is c1ccc(-c2nc(-c3ccccc3)nc(-c3ccc4c(c3)C3c5ccccc5C4c4cc(-c5nc(-c6ccccc6)nc(-c6cccc(-c7ccc8c(c7)c7ccccc7n8-c7ccccc7)c6)n5)ccc43)n2)cc1. The molecule has 3 aliphatic carbocycles. The Balaban J connectivity index is 0.828. The molecule has 0 saturated carbocycles. The van der Waals surface area contributed by atoms with Crippen LogP contribution in [0.1, 0.15) is 45.2 Å². The predicted octanol–water partition coefficient (Wildman–Crippen LogP) is 15.8. The summed E-state index contributed by atoms with van der Waals surface area (Å²) in [6.07, 6.45) is 0. The zero-order valence-corrected chi connectivity index (χ0v) is 40.5. The van der Waals surface area contributed by atoms with Crippen LogP contribution in [0.15, 0.2) is 249 Å². The molecular formula is C68H43N7. The molecular weight excluding hydrogens is 915 g/mol. The second-order valence-electron chi connectivity index (χ2n) is 19.4. The maximum Gasteiger partial charge on any atom is 0.164 e. The molecule has 7 nitrogen and oxygen atoms in total. The molecule has 75 heavy (non-hydrogen) atoms. The van der Waals surface area contributed by atoms with Gasteiger partial charge in [-0.3, -0.25) is 0 Å². The Labute approximate surface area is 433 Å². The molecule has 2 bridgehead atoms. The Hall–Kier alpha value is -9.98. The lowest BCUT2D eigenvalue weighted by Gasteiger charge is -2.42.